The summed E-state index contributed by atoms with van der Waals surface area (Å²) in [5, 5.41) is 0. The molecule has 4 nitrogen and oxygen atoms in total. The molecule has 0 saturated carbocycles. The number of morpholine rings is 1. The molecule has 2 aromatic rings. The zero-order valence-corrected chi connectivity index (χ0v) is 16.6. The summed E-state index contributed by atoms with van der Waals surface area (Å²) in [5.74, 6) is -0.0910. The van der Waals surface area contributed by atoms with Crippen LogP contribution in [0.15, 0.2) is 48.5 Å². The van der Waals surface area contributed by atoms with Crippen LogP contribution >= 0.6 is 0 Å². The lowest BCUT2D eigenvalue weighted by molar-refractivity contribution is -0.0329. The van der Waals surface area contributed by atoms with Crippen molar-refractivity contribution in [2.45, 2.75) is 25.5 Å². The third-order valence-corrected chi connectivity index (χ3v) is 6.01. The minimum Gasteiger partial charge on any atom is -0.371 e. The molecule has 2 aromatic carbocycles. The van der Waals surface area contributed by atoms with E-state index in [2.05, 4.69) is 17.0 Å². The number of hydrogen-bond donors (Lipinski definition) is 0. The third kappa shape index (κ3) is 5.86. The summed E-state index contributed by atoms with van der Waals surface area (Å²) in [6.45, 7) is 5.00. The fourth-order valence-corrected chi connectivity index (χ4v) is 4.59. The summed E-state index contributed by atoms with van der Waals surface area (Å²) in [7, 11) is -2.99. The fourth-order valence-electron chi connectivity index (χ4n) is 3.49. The highest BCUT2D eigenvalue weighted by Crippen LogP contribution is 2.24. The Balaban J connectivity index is 1.60. The van der Waals surface area contributed by atoms with Crippen LogP contribution < -0.4 is 0 Å². The highest BCUT2D eigenvalue weighted by atomic mass is 32.2. The first-order valence-corrected chi connectivity index (χ1v) is 11.2. The zero-order valence-electron chi connectivity index (χ0n) is 15.8. The van der Waals surface area contributed by atoms with E-state index < -0.39 is 9.84 Å². The molecular weight excluding hydrogens is 365 g/mol. The number of ether oxygens (including phenoxy) is 1. The van der Waals surface area contributed by atoms with Gasteiger partial charge in [0.1, 0.15) is 15.7 Å². The van der Waals surface area contributed by atoms with Crippen LogP contribution in [-0.2, 0) is 21.1 Å². The second kappa shape index (κ2) is 8.50. The number of hydrogen-bond acceptors (Lipinski definition) is 4. The standard InChI is InChI=1S/C21H26FNO3S/c1-16(15-27(2,24)25)18-5-3-17(4-6-18)13-23-11-12-26-21(14-23)19-7-9-20(22)10-8-19/h3-10,16,21H,11-15H2,1-2H3/t16-,21+/m0/s1. The van der Waals surface area contributed by atoms with Gasteiger partial charge in [0.25, 0.3) is 0 Å². The summed E-state index contributed by atoms with van der Waals surface area (Å²) in [4.78, 5) is 2.33. The van der Waals surface area contributed by atoms with Crippen molar-refractivity contribution in [1.29, 1.82) is 0 Å². The maximum Gasteiger partial charge on any atom is 0.148 e. The van der Waals surface area contributed by atoms with Crippen LogP contribution in [0.25, 0.3) is 0 Å². The van der Waals surface area contributed by atoms with Gasteiger partial charge in [0.2, 0.25) is 0 Å². The van der Waals surface area contributed by atoms with Gasteiger partial charge in [-0.2, -0.15) is 0 Å². The highest BCUT2D eigenvalue weighted by Gasteiger charge is 2.22. The molecule has 0 bridgehead atoms. The van der Waals surface area contributed by atoms with Crippen molar-refractivity contribution < 1.29 is 17.5 Å². The lowest BCUT2D eigenvalue weighted by atomic mass is 10.0. The molecule has 27 heavy (non-hydrogen) atoms. The van der Waals surface area contributed by atoms with Gasteiger partial charge < -0.3 is 4.74 Å². The first kappa shape index (κ1) is 20.0. The molecule has 0 unspecified atom stereocenters. The predicted octanol–water partition coefficient (Wildman–Crippen LogP) is 3.55. The number of sulfone groups is 1. The maximum atomic E-state index is 13.1. The number of halogens is 1. The Kier molecular flexibility index (Phi) is 6.29. The van der Waals surface area contributed by atoms with E-state index in [1.165, 1.54) is 24.0 Å². The Bertz CT molecular complexity index is 850. The van der Waals surface area contributed by atoms with Crippen molar-refractivity contribution in [1.82, 2.24) is 4.90 Å². The van der Waals surface area contributed by atoms with E-state index in [1.807, 2.05) is 19.1 Å². The third-order valence-electron chi connectivity index (χ3n) is 4.90. The summed E-state index contributed by atoms with van der Waals surface area (Å²) in [6.07, 6.45) is 1.22. The lowest BCUT2D eigenvalue weighted by Crippen LogP contribution is -2.37. The maximum absolute atomic E-state index is 13.1. The van der Waals surface area contributed by atoms with Crippen LogP contribution in [0.1, 0.15) is 35.6 Å². The van der Waals surface area contributed by atoms with E-state index >= 15 is 0 Å². The summed E-state index contributed by atoms with van der Waals surface area (Å²) in [6, 6.07) is 14.7. The first-order chi connectivity index (χ1) is 12.8. The van der Waals surface area contributed by atoms with E-state index in [0.29, 0.717) is 6.61 Å². The van der Waals surface area contributed by atoms with Crippen LogP contribution in [0.2, 0.25) is 0 Å². The Morgan fingerprint density at radius 3 is 2.44 bits per heavy atom. The number of nitrogens with zero attached hydrogens (tertiary/aromatic N) is 1. The van der Waals surface area contributed by atoms with E-state index in [0.717, 1.165) is 30.8 Å². The van der Waals surface area contributed by atoms with Gasteiger partial charge in [-0.3, -0.25) is 4.90 Å². The fraction of sp³-hybridized carbons (Fsp3) is 0.429. The van der Waals surface area contributed by atoms with Gasteiger partial charge in [-0.05, 0) is 34.7 Å². The van der Waals surface area contributed by atoms with Gasteiger partial charge in [0.05, 0.1) is 18.5 Å². The van der Waals surface area contributed by atoms with Crippen LogP contribution in [0.3, 0.4) is 0 Å². The Morgan fingerprint density at radius 1 is 1.15 bits per heavy atom. The van der Waals surface area contributed by atoms with Crippen molar-refractivity contribution in [2.75, 3.05) is 31.7 Å². The molecule has 0 amide bonds. The Morgan fingerprint density at radius 2 is 1.81 bits per heavy atom. The molecule has 0 aromatic heterocycles. The highest BCUT2D eigenvalue weighted by molar-refractivity contribution is 7.90. The van der Waals surface area contributed by atoms with E-state index in [-0.39, 0.29) is 23.6 Å². The zero-order chi connectivity index (χ0) is 19.4. The van der Waals surface area contributed by atoms with Crippen LogP contribution in [0, 0.1) is 5.82 Å². The lowest BCUT2D eigenvalue weighted by Gasteiger charge is -2.33. The molecule has 0 radical (unpaired) electrons. The number of benzene rings is 2. The summed E-state index contributed by atoms with van der Waals surface area (Å²) in [5.41, 5.74) is 3.21. The van der Waals surface area contributed by atoms with Gasteiger partial charge in [0, 0.05) is 25.9 Å². The van der Waals surface area contributed by atoms with Crippen molar-refractivity contribution in [2.24, 2.45) is 0 Å². The Hall–Kier alpha value is -1.76. The smallest absolute Gasteiger partial charge is 0.148 e. The average molecular weight is 392 g/mol. The molecule has 1 saturated heterocycles. The Labute approximate surface area is 160 Å². The van der Waals surface area contributed by atoms with Crippen LogP contribution in [0.5, 0.6) is 0 Å². The minimum atomic E-state index is -2.99. The molecular formula is C21H26FNO3S. The predicted molar refractivity (Wildman–Crippen MR) is 105 cm³/mol. The first-order valence-electron chi connectivity index (χ1n) is 9.16. The van der Waals surface area contributed by atoms with Gasteiger partial charge in [-0.1, -0.05) is 43.3 Å². The second-order valence-electron chi connectivity index (χ2n) is 7.38. The average Bonchev–Trinajstić information content (AvgIpc) is 2.62. The summed E-state index contributed by atoms with van der Waals surface area (Å²) < 4.78 is 41.9. The molecule has 6 heteroatoms. The van der Waals surface area contributed by atoms with E-state index in [4.69, 9.17) is 4.74 Å². The normalized spacial score (nSPS) is 19.7. The molecule has 0 N–H and O–H groups in total. The molecule has 1 fully saturated rings. The quantitative estimate of drug-likeness (QED) is 0.756. The SMILES string of the molecule is C[C@@H](CS(C)(=O)=O)c1ccc(CN2CCO[C@@H](c3ccc(F)cc3)C2)cc1. The van der Waals surface area contributed by atoms with Crippen molar-refractivity contribution in [3.05, 3.63) is 71.0 Å². The van der Waals surface area contributed by atoms with Gasteiger partial charge >= 0.3 is 0 Å². The molecule has 0 aliphatic carbocycles. The van der Waals surface area contributed by atoms with Gasteiger partial charge in [-0.15, -0.1) is 0 Å². The van der Waals surface area contributed by atoms with Gasteiger partial charge in [0.15, 0.2) is 0 Å². The molecule has 1 aliphatic rings. The van der Waals surface area contributed by atoms with Gasteiger partial charge in [-0.25, -0.2) is 12.8 Å². The number of rotatable bonds is 6. The van der Waals surface area contributed by atoms with Crippen molar-refractivity contribution in [3.8, 4) is 0 Å². The molecule has 1 heterocycles. The second-order valence-corrected chi connectivity index (χ2v) is 9.57. The van der Waals surface area contributed by atoms with E-state index in [9.17, 15) is 12.8 Å². The monoisotopic (exact) mass is 391 g/mol. The van der Waals surface area contributed by atoms with Crippen LogP contribution in [0.4, 0.5) is 4.39 Å². The molecule has 3 rings (SSSR count). The van der Waals surface area contributed by atoms with E-state index in [1.54, 1.807) is 12.1 Å². The summed E-state index contributed by atoms with van der Waals surface area (Å²) >= 11 is 0. The topological polar surface area (TPSA) is 46.6 Å². The minimum absolute atomic E-state index is 0.0136. The molecule has 1 aliphatic heterocycles. The van der Waals surface area contributed by atoms with Crippen LogP contribution in [-0.4, -0.2) is 45.0 Å². The molecule has 2 atom stereocenters. The largest absolute Gasteiger partial charge is 0.371 e. The van der Waals surface area contributed by atoms with Crippen molar-refractivity contribution in [3.63, 3.8) is 0 Å². The molecule has 146 valence electrons. The molecule has 0 spiro atoms. The van der Waals surface area contributed by atoms with Crippen molar-refractivity contribution >= 4 is 9.84 Å².